The second-order valence-corrected chi connectivity index (χ2v) is 5.87. The molecule has 2 aromatic heterocycles. The molecule has 3 aromatic rings. The highest BCUT2D eigenvalue weighted by Gasteiger charge is 2.14. The molecule has 3 rings (SSSR count). The van der Waals surface area contributed by atoms with Crippen molar-refractivity contribution in [3.05, 3.63) is 52.6 Å². The molecule has 2 N–H and O–H groups in total. The Bertz CT molecular complexity index is 957. The summed E-state index contributed by atoms with van der Waals surface area (Å²) in [6, 6.07) is 8.29. The lowest BCUT2D eigenvalue weighted by Gasteiger charge is -2.12. The predicted molar refractivity (Wildman–Crippen MR) is 97.2 cm³/mol. The highest BCUT2D eigenvalue weighted by atomic mass is 35.5. The SMILES string of the molecule is COc1ccc(Cl)cc1Nc1cc(C(=O)Nc2cc(C)on2)nc(C)n1. The second kappa shape index (κ2) is 7.40. The van der Waals surface area contributed by atoms with Crippen LogP contribution in [0.3, 0.4) is 0 Å². The molecule has 26 heavy (non-hydrogen) atoms. The molecule has 0 spiro atoms. The summed E-state index contributed by atoms with van der Waals surface area (Å²) >= 11 is 6.04. The van der Waals surface area contributed by atoms with Crippen molar-refractivity contribution in [2.75, 3.05) is 17.7 Å². The number of hydrogen-bond acceptors (Lipinski definition) is 7. The largest absolute Gasteiger partial charge is 0.495 e. The van der Waals surface area contributed by atoms with Crippen LogP contribution in [0.4, 0.5) is 17.3 Å². The molecule has 9 heteroatoms. The summed E-state index contributed by atoms with van der Waals surface area (Å²) in [6.45, 7) is 3.43. The molecule has 0 aliphatic heterocycles. The number of carbonyl (C=O) groups excluding carboxylic acids is 1. The van der Waals surface area contributed by atoms with Gasteiger partial charge in [-0.1, -0.05) is 16.8 Å². The van der Waals surface area contributed by atoms with Gasteiger partial charge in [0.2, 0.25) is 0 Å². The average molecular weight is 374 g/mol. The van der Waals surface area contributed by atoms with E-state index < -0.39 is 5.91 Å². The first kappa shape index (κ1) is 17.7. The molecule has 0 saturated carbocycles. The fraction of sp³-hybridized carbons (Fsp3) is 0.176. The summed E-state index contributed by atoms with van der Waals surface area (Å²) < 4.78 is 10.2. The van der Waals surface area contributed by atoms with Gasteiger partial charge in [0.05, 0.1) is 12.8 Å². The molecule has 0 aliphatic carbocycles. The molecule has 0 radical (unpaired) electrons. The van der Waals surface area contributed by atoms with E-state index in [1.807, 2.05) is 0 Å². The predicted octanol–water partition coefficient (Wildman–Crippen LogP) is 3.74. The van der Waals surface area contributed by atoms with Crippen LogP contribution >= 0.6 is 11.6 Å². The summed E-state index contributed by atoms with van der Waals surface area (Å²) in [6.07, 6.45) is 0. The van der Waals surface area contributed by atoms with Gasteiger partial charge in [0.1, 0.15) is 28.8 Å². The highest BCUT2D eigenvalue weighted by molar-refractivity contribution is 6.31. The summed E-state index contributed by atoms with van der Waals surface area (Å²) in [4.78, 5) is 20.9. The quantitative estimate of drug-likeness (QED) is 0.702. The summed E-state index contributed by atoms with van der Waals surface area (Å²) in [5.74, 6) is 1.93. The first-order chi connectivity index (χ1) is 12.4. The fourth-order valence-corrected chi connectivity index (χ4v) is 2.44. The summed E-state index contributed by atoms with van der Waals surface area (Å²) in [5.41, 5.74) is 0.804. The topological polar surface area (TPSA) is 102 Å². The number of anilines is 3. The zero-order valence-corrected chi connectivity index (χ0v) is 15.1. The van der Waals surface area contributed by atoms with E-state index in [0.717, 1.165) is 0 Å². The number of methoxy groups -OCH3 is 1. The molecule has 1 aromatic carbocycles. The minimum absolute atomic E-state index is 0.182. The smallest absolute Gasteiger partial charge is 0.275 e. The Morgan fingerprint density at radius 1 is 1.15 bits per heavy atom. The lowest BCUT2D eigenvalue weighted by molar-refractivity contribution is 0.102. The van der Waals surface area contributed by atoms with Crippen LogP contribution in [-0.4, -0.2) is 28.1 Å². The van der Waals surface area contributed by atoms with E-state index in [9.17, 15) is 4.79 Å². The number of aromatic nitrogens is 3. The molecule has 8 nitrogen and oxygen atoms in total. The molecule has 1 amide bonds. The van der Waals surface area contributed by atoms with Gasteiger partial charge < -0.3 is 19.9 Å². The Labute approximate surface area is 154 Å². The molecule has 0 atom stereocenters. The van der Waals surface area contributed by atoms with Crippen LogP contribution in [-0.2, 0) is 0 Å². The number of ether oxygens (including phenoxy) is 1. The van der Waals surface area contributed by atoms with Gasteiger partial charge in [-0.05, 0) is 32.0 Å². The molecule has 0 fully saturated rings. The van der Waals surface area contributed by atoms with Crippen LogP contribution in [0.15, 0.2) is 34.9 Å². The summed E-state index contributed by atoms with van der Waals surface area (Å²) in [5, 5.41) is 9.98. The van der Waals surface area contributed by atoms with Gasteiger partial charge in [0.15, 0.2) is 5.82 Å². The number of halogens is 1. The average Bonchev–Trinajstić information content (AvgIpc) is 2.99. The number of carbonyl (C=O) groups is 1. The molecule has 0 unspecified atom stereocenters. The van der Waals surface area contributed by atoms with Gasteiger partial charge in [-0.2, -0.15) is 0 Å². The van der Waals surface area contributed by atoms with E-state index in [0.29, 0.717) is 39.7 Å². The minimum atomic E-state index is -0.426. The van der Waals surface area contributed by atoms with E-state index in [4.69, 9.17) is 20.9 Å². The zero-order chi connectivity index (χ0) is 18.7. The number of hydrogen-bond donors (Lipinski definition) is 2. The maximum Gasteiger partial charge on any atom is 0.275 e. The van der Waals surface area contributed by atoms with Crippen molar-refractivity contribution in [1.82, 2.24) is 15.1 Å². The minimum Gasteiger partial charge on any atom is -0.495 e. The maximum absolute atomic E-state index is 12.4. The lowest BCUT2D eigenvalue weighted by atomic mass is 10.2. The number of rotatable bonds is 5. The molecule has 0 aliphatic rings. The number of aryl methyl sites for hydroxylation is 2. The monoisotopic (exact) mass is 373 g/mol. The fourth-order valence-electron chi connectivity index (χ4n) is 2.27. The van der Waals surface area contributed by atoms with Crippen molar-refractivity contribution in [3.8, 4) is 5.75 Å². The summed E-state index contributed by atoms with van der Waals surface area (Å²) in [7, 11) is 1.55. The number of benzene rings is 1. The third-order valence-corrected chi connectivity index (χ3v) is 3.60. The van der Waals surface area contributed by atoms with Gasteiger partial charge in [-0.25, -0.2) is 9.97 Å². The van der Waals surface area contributed by atoms with Crippen LogP contribution in [0.1, 0.15) is 22.1 Å². The number of amides is 1. The molecular weight excluding hydrogens is 358 g/mol. The molecule has 2 heterocycles. The van der Waals surface area contributed by atoms with E-state index in [1.54, 1.807) is 45.2 Å². The lowest BCUT2D eigenvalue weighted by Crippen LogP contribution is -2.15. The Kier molecular flexibility index (Phi) is 5.04. The Morgan fingerprint density at radius 2 is 1.96 bits per heavy atom. The van der Waals surface area contributed by atoms with Gasteiger partial charge >= 0.3 is 0 Å². The van der Waals surface area contributed by atoms with Crippen LogP contribution in [0.5, 0.6) is 5.75 Å². The van der Waals surface area contributed by atoms with Crippen molar-refractivity contribution < 1.29 is 14.1 Å². The van der Waals surface area contributed by atoms with Crippen LogP contribution in [0.2, 0.25) is 5.02 Å². The normalized spacial score (nSPS) is 10.5. The Hall–Kier alpha value is -3.13. The standard InChI is InChI=1S/C17H16ClN5O3/c1-9-6-16(23-26-9)22-17(24)13-8-15(20-10(2)19-13)21-12-7-11(18)4-5-14(12)25-3/h4-8H,1-3H3,(H,19,20,21)(H,22,23,24). The number of nitrogens with zero attached hydrogens (tertiary/aromatic N) is 3. The highest BCUT2D eigenvalue weighted by Crippen LogP contribution is 2.30. The van der Waals surface area contributed by atoms with Gasteiger partial charge in [0.25, 0.3) is 5.91 Å². The van der Waals surface area contributed by atoms with Crippen LogP contribution in [0.25, 0.3) is 0 Å². The molecule has 0 bridgehead atoms. The third kappa shape index (κ3) is 4.09. The van der Waals surface area contributed by atoms with Crippen LogP contribution in [0, 0.1) is 13.8 Å². The zero-order valence-electron chi connectivity index (χ0n) is 14.3. The van der Waals surface area contributed by atoms with Gasteiger partial charge in [-0.3, -0.25) is 4.79 Å². The Balaban J connectivity index is 1.86. The van der Waals surface area contributed by atoms with Crippen molar-refractivity contribution in [1.29, 1.82) is 0 Å². The molecule has 0 saturated heterocycles. The van der Waals surface area contributed by atoms with Crippen molar-refractivity contribution >= 4 is 34.8 Å². The molecule has 134 valence electrons. The first-order valence-electron chi connectivity index (χ1n) is 7.65. The maximum atomic E-state index is 12.4. The van der Waals surface area contributed by atoms with E-state index in [-0.39, 0.29) is 5.69 Å². The Morgan fingerprint density at radius 3 is 2.65 bits per heavy atom. The van der Waals surface area contributed by atoms with Crippen molar-refractivity contribution in [3.63, 3.8) is 0 Å². The third-order valence-electron chi connectivity index (χ3n) is 3.36. The van der Waals surface area contributed by atoms with Crippen molar-refractivity contribution in [2.45, 2.75) is 13.8 Å². The van der Waals surface area contributed by atoms with E-state index in [1.165, 1.54) is 6.07 Å². The van der Waals surface area contributed by atoms with Gasteiger partial charge in [-0.15, -0.1) is 0 Å². The molecular formula is C17H16ClN5O3. The second-order valence-electron chi connectivity index (χ2n) is 5.43. The van der Waals surface area contributed by atoms with E-state index >= 15 is 0 Å². The van der Waals surface area contributed by atoms with Crippen LogP contribution < -0.4 is 15.4 Å². The van der Waals surface area contributed by atoms with E-state index in [2.05, 4.69) is 25.8 Å². The van der Waals surface area contributed by atoms with Crippen molar-refractivity contribution in [2.24, 2.45) is 0 Å². The first-order valence-corrected chi connectivity index (χ1v) is 8.03. The van der Waals surface area contributed by atoms with Gasteiger partial charge in [0, 0.05) is 17.2 Å². The number of nitrogens with one attached hydrogen (secondary N) is 2.